The summed E-state index contributed by atoms with van der Waals surface area (Å²) >= 11 is 6.20. The van der Waals surface area contributed by atoms with Crippen LogP contribution >= 0.6 is 11.6 Å². The highest BCUT2D eigenvalue weighted by atomic mass is 35.5. The topological polar surface area (TPSA) is 96.0 Å². The van der Waals surface area contributed by atoms with Crippen LogP contribution in [0.1, 0.15) is 38.8 Å². The molecule has 2 aromatic carbocycles. The molecule has 2 amide bonds. The second-order valence-electron chi connectivity index (χ2n) is 9.51. The van der Waals surface area contributed by atoms with E-state index in [-0.39, 0.29) is 23.2 Å². The maximum atomic E-state index is 13.5. The zero-order valence-electron chi connectivity index (χ0n) is 21.3. The van der Waals surface area contributed by atoms with Crippen LogP contribution < -0.4 is 14.4 Å². The number of rotatable bonds is 9. The number of nitrogens with one attached hydrogen (secondary N) is 1. The van der Waals surface area contributed by atoms with E-state index in [1.165, 1.54) is 30.2 Å². The minimum absolute atomic E-state index is 0.138. The van der Waals surface area contributed by atoms with Crippen molar-refractivity contribution in [2.45, 2.75) is 52.7 Å². The van der Waals surface area contributed by atoms with Gasteiger partial charge in [-0.05, 0) is 58.4 Å². The first kappa shape index (κ1) is 28.5. The number of nitrogens with zero attached hydrogens (tertiary/aromatic N) is 2. The van der Waals surface area contributed by atoms with Gasteiger partial charge in [-0.25, -0.2) is 8.42 Å². The van der Waals surface area contributed by atoms with Crippen molar-refractivity contribution in [2.75, 3.05) is 24.2 Å². The average Bonchev–Trinajstić information content (AvgIpc) is 2.74. The van der Waals surface area contributed by atoms with E-state index in [0.717, 1.165) is 21.7 Å². The highest BCUT2D eigenvalue weighted by Gasteiger charge is 2.31. The minimum Gasteiger partial charge on any atom is -0.495 e. The largest absolute Gasteiger partial charge is 0.495 e. The number of carbonyl (C=O) groups is 2. The maximum absolute atomic E-state index is 13.5. The zero-order chi connectivity index (χ0) is 26.6. The SMILES string of the molecule is COc1ccc(N(CC(=O)N(Cc2ccc(C)cc2)[C@H](C)C(=O)NC(C)(C)C)S(C)(=O)=O)cc1Cl. The van der Waals surface area contributed by atoms with Crippen molar-refractivity contribution in [3.8, 4) is 5.75 Å². The molecule has 0 saturated heterocycles. The van der Waals surface area contributed by atoms with Crippen molar-refractivity contribution >= 4 is 39.1 Å². The van der Waals surface area contributed by atoms with Crippen molar-refractivity contribution in [3.05, 3.63) is 58.6 Å². The quantitative estimate of drug-likeness (QED) is 0.540. The molecule has 0 radical (unpaired) electrons. The Hall–Kier alpha value is -2.78. The van der Waals surface area contributed by atoms with Crippen molar-refractivity contribution in [3.63, 3.8) is 0 Å². The molecule has 2 aromatic rings. The van der Waals surface area contributed by atoms with E-state index in [0.29, 0.717) is 5.75 Å². The van der Waals surface area contributed by atoms with Crippen LogP contribution in [0, 0.1) is 6.92 Å². The van der Waals surface area contributed by atoms with Gasteiger partial charge in [0.2, 0.25) is 21.8 Å². The van der Waals surface area contributed by atoms with Crippen LogP contribution in [-0.2, 0) is 26.2 Å². The Bertz CT molecular complexity index is 1160. The first-order valence-corrected chi connectivity index (χ1v) is 13.3. The molecule has 0 aromatic heterocycles. The van der Waals surface area contributed by atoms with Gasteiger partial charge in [-0.3, -0.25) is 13.9 Å². The molecule has 0 aliphatic carbocycles. The van der Waals surface area contributed by atoms with Gasteiger partial charge in [0.15, 0.2) is 0 Å². The Morgan fingerprint density at radius 1 is 1.11 bits per heavy atom. The molecular weight excluding hydrogens is 490 g/mol. The Morgan fingerprint density at radius 3 is 2.20 bits per heavy atom. The third-order valence-corrected chi connectivity index (χ3v) is 6.68. The van der Waals surface area contributed by atoms with Crippen molar-refractivity contribution in [1.82, 2.24) is 10.2 Å². The number of aryl methyl sites for hydroxylation is 1. The number of hydrogen-bond acceptors (Lipinski definition) is 5. The second-order valence-corrected chi connectivity index (χ2v) is 11.8. The lowest BCUT2D eigenvalue weighted by molar-refractivity contribution is -0.140. The monoisotopic (exact) mass is 523 g/mol. The lowest BCUT2D eigenvalue weighted by Gasteiger charge is -2.33. The Labute approximate surface area is 213 Å². The molecule has 10 heteroatoms. The van der Waals surface area contributed by atoms with E-state index in [4.69, 9.17) is 16.3 Å². The lowest BCUT2D eigenvalue weighted by Crippen LogP contribution is -2.54. The molecule has 0 heterocycles. The van der Waals surface area contributed by atoms with Crippen molar-refractivity contribution in [2.24, 2.45) is 0 Å². The van der Waals surface area contributed by atoms with E-state index >= 15 is 0 Å². The van der Waals surface area contributed by atoms with Gasteiger partial charge in [-0.15, -0.1) is 0 Å². The lowest BCUT2D eigenvalue weighted by atomic mass is 10.1. The van der Waals surface area contributed by atoms with Crippen molar-refractivity contribution in [1.29, 1.82) is 0 Å². The Kier molecular flexibility index (Phi) is 9.19. The number of amides is 2. The highest BCUT2D eigenvalue weighted by molar-refractivity contribution is 7.92. The number of halogens is 1. The number of hydrogen-bond donors (Lipinski definition) is 1. The van der Waals surface area contributed by atoms with E-state index in [2.05, 4.69) is 5.32 Å². The predicted octanol–water partition coefficient (Wildman–Crippen LogP) is 3.76. The molecule has 192 valence electrons. The van der Waals surface area contributed by atoms with Gasteiger partial charge in [0.1, 0.15) is 18.3 Å². The molecule has 35 heavy (non-hydrogen) atoms. The van der Waals surface area contributed by atoms with Crippen LogP contribution in [0.15, 0.2) is 42.5 Å². The van der Waals surface area contributed by atoms with Gasteiger partial charge in [-0.1, -0.05) is 41.4 Å². The van der Waals surface area contributed by atoms with Gasteiger partial charge >= 0.3 is 0 Å². The molecule has 0 spiro atoms. The van der Waals surface area contributed by atoms with E-state index < -0.39 is 34.1 Å². The molecule has 0 fully saturated rings. The van der Waals surface area contributed by atoms with Crippen LogP contribution in [0.4, 0.5) is 5.69 Å². The molecular formula is C25H34ClN3O5S. The number of carbonyl (C=O) groups excluding carboxylic acids is 2. The maximum Gasteiger partial charge on any atom is 0.244 e. The van der Waals surface area contributed by atoms with Gasteiger partial charge in [-0.2, -0.15) is 0 Å². The number of sulfonamides is 1. The second kappa shape index (κ2) is 11.3. The van der Waals surface area contributed by atoms with E-state index in [9.17, 15) is 18.0 Å². The minimum atomic E-state index is -3.85. The smallest absolute Gasteiger partial charge is 0.244 e. The van der Waals surface area contributed by atoms with Gasteiger partial charge in [0, 0.05) is 12.1 Å². The summed E-state index contributed by atoms with van der Waals surface area (Å²) in [5.41, 5.74) is 1.60. The summed E-state index contributed by atoms with van der Waals surface area (Å²) in [6, 6.07) is 11.2. The van der Waals surface area contributed by atoms with Crippen LogP contribution in [0.3, 0.4) is 0 Å². The summed E-state index contributed by atoms with van der Waals surface area (Å²) in [5, 5.41) is 3.10. The normalized spacial score (nSPS) is 12.6. The molecule has 0 bridgehead atoms. The molecule has 2 rings (SSSR count). The van der Waals surface area contributed by atoms with Crippen molar-refractivity contribution < 1.29 is 22.7 Å². The van der Waals surface area contributed by atoms with E-state index in [1.807, 2.05) is 52.0 Å². The van der Waals surface area contributed by atoms with Crippen LogP contribution in [0.25, 0.3) is 0 Å². The summed E-state index contributed by atoms with van der Waals surface area (Å²) in [6.07, 6.45) is 1.01. The van der Waals surface area contributed by atoms with Crippen LogP contribution in [-0.4, -0.2) is 56.6 Å². The average molecular weight is 524 g/mol. The molecule has 0 aliphatic heterocycles. The summed E-state index contributed by atoms with van der Waals surface area (Å²) in [5.74, 6) is -0.487. The Balaban J connectivity index is 2.42. The number of ether oxygens (including phenoxy) is 1. The molecule has 1 N–H and O–H groups in total. The third-order valence-electron chi connectivity index (χ3n) is 5.24. The fourth-order valence-corrected chi connectivity index (χ4v) is 4.46. The van der Waals surface area contributed by atoms with Crippen LogP contribution in [0.2, 0.25) is 5.02 Å². The van der Waals surface area contributed by atoms with Gasteiger partial charge < -0.3 is 15.0 Å². The predicted molar refractivity (Wildman–Crippen MR) is 139 cm³/mol. The standard InChI is InChI=1S/C25H34ClN3O5S/c1-17-8-10-19(11-9-17)15-28(18(2)24(31)27-25(3,4)5)23(30)16-29(35(7,32)33)20-12-13-22(34-6)21(26)14-20/h8-14,18H,15-16H2,1-7H3,(H,27,31)/t18-/m1/s1. The van der Waals surface area contributed by atoms with Crippen LogP contribution in [0.5, 0.6) is 5.75 Å². The fraction of sp³-hybridized carbons (Fsp3) is 0.440. The Morgan fingerprint density at radius 2 is 1.71 bits per heavy atom. The molecule has 1 atom stereocenters. The number of methoxy groups -OCH3 is 1. The van der Waals surface area contributed by atoms with Gasteiger partial charge in [0.05, 0.1) is 24.1 Å². The summed E-state index contributed by atoms with van der Waals surface area (Å²) in [7, 11) is -2.40. The fourth-order valence-electron chi connectivity index (χ4n) is 3.37. The zero-order valence-corrected chi connectivity index (χ0v) is 22.8. The van der Waals surface area contributed by atoms with E-state index in [1.54, 1.807) is 6.92 Å². The summed E-state index contributed by atoms with van der Waals surface area (Å²) in [4.78, 5) is 27.9. The molecule has 0 unspecified atom stereocenters. The molecule has 0 saturated carbocycles. The third kappa shape index (κ3) is 8.14. The first-order chi connectivity index (χ1) is 16.1. The summed E-state index contributed by atoms with van der Waals surface area (Å²) in [6.45, 7) is 8.77. The number of anilines is 1. The van der Waals surface area contributed by atoms with Gasteiger partial charge in [0.25, 0.3) is 0 Å². The highest BCUT2D eigenvalue weighted by Crippen LogP contribution is 2.30. The molecule has 0 aliphatic rings. The number of benzene rings is 2. The summed E-state index contributed by atoms with van der Waals surface area (Å²) < 4.78 is 31.4. The molecule has 8 nitrogen and oxygen atoms in total. The first-order valence-electron chi connectivity index (χ1n) is 11.1.